The number of fused-ring (bicyclic) bond motifs is 2. The minimum absolute atomic E-state index is 0. The van der Waals surface area contributed by atoms with Gasteiger partial charge in [0.2, 0.25) is 5.95 Å². The van der Waals surface area contributed by atoms with Crippen molar-refractivity contribution in [1.82, 2.24) is 29.5 Å². The summed E-state index contributed by atoms with van der Waals surface area (Å²) in [6, 6.07) is 8.16. The third kappa shape index (κ3) is 2.69. The molecule has 1 aliphatic carbocycles. The molecule has 0 aliphatic heterocycles. The van der Waals surface area contributed by atoms with Gasteiger partial charge in [-0.25, -0.2) is 14.5 Å². The number of nitrogens with zero attached hydrogens (tertiary/aromatic N) is 5. The molecular weight excluding hydrogens is 380 g/mol. The van der Waals surface area contributed by atoms with E-state index in [9.17, 15) is 9.59 Å². The fourth-order valence-corrected chi connectivity index (χ4v) is 3.64. The van der Waals surface area contributed by atoms with E-state index in [-0.39, 0.29) is 36.6 Å². The van der Waals surface area contributed by atoms with Crippen LogP contribution in [0.4, 0.5) is 0 Å². The first-order chi connectivity index (χ1) is 13.1. The quantitative estimate of drug-likeness (QED) is 0.544. The van der Waals surface area contributed by atoms with Crippen LogP contribution < -0.4 is 5.56 Å². The van der Waals surface area contributed by atoms with Crippen molar-refractivity contribution < 1.29 is 9.90 Å². The van der Waals surface area contributed by atoms with Gasteiger partial charge >= 0.3 is 5.97 Å². The van der Waals surface area contributed by atoms with Crippen LogP contribution in [-0.4, -0.2) is 40.6 Å². The van der Waals surface area contributed by atoms with Crippen LogP contribution >= 0.6 is 13.5 Å². The lowest BCUT2D eigenvalue weighted by Gasteiger charge is -2.13. The van der Waals surface area contributed by atoms with Gasteiger partial charge in [0.15, 0.2) is 5.52 Å². The van der Waals surface area contributed by atoms with E-state index in [0.717, 1.165) is 12.8 Å². The van der Waals surface area contributed by atoms with Gasteiger partial charge in [0.25, 0.3) is 5.56 Å². The number of nitrogens with one attached hydrogen (secondary N) is 1. The van der Waals surface area contributed by atoms with Crippen LogP contribution in [0, 0.1) is 0 Å². The van der Waals surface area contributed by atoms with Crippen molar-refractivity contribution in [3.05, 3.63) is 69.9 Å². The maximum atomic E-state index is 12.8. The molecule has 3 aromatic heterocycles. The molecule has 10 heteroatoms. The molecule has 0 saturated heterocycles. The highest BCUT2D eigenvalue weighted by molar-refractivity contribution is 7.59. The molecular formula is C18H16N6O3S. The normalized spacial score (nSPS) is 15.4. The van der Waals surface area contributed by atoms with E-state index < -0.39 is 5.97 Å². The lowest BCUT2D eigenvalue weighted by atomic mass is 10.1. The Hall–Kier alpha value is -3.40. The number of carboxylic acids is 1. The van der Waals surface area contributed by atoms with Crippen molar-refractivity contribution in [3.63, 3.8) is 0 Å². The maximum Gasteiger partial charge on any atom is 0.338 e. The first kappa shape index (κ1) is 18.0. The molecule has 0 bridgehead atoms. The van der Waals surface area contributed by atoms with Crippen LogP contribution in [0.1, 0.15) is 33.9 Å². The lowest BCUT2D eigenvalue weighted by molar-refractivity contribution is 0.0697. The number of aromatic nitrogens is 6. The molecule has 0 radical (unpaired) electrons. The van der Waals surface area contributed by atoms with Crippen molar-refractivity contribution in [2.24, 2.45) is 0 Å². The molecule has 2 N–H and O–H groups in total. The van der Waals surface area contributed by atoms with E-state index in [1.54, 1.807) is 10.9 Å². The largest absolute Gasteiger partial charge is 0.478 e. The number of carboxylic acid groups (broad SMARTS) is 1. The van der Waals surface area contributed by atoms with Gasteiger partial charge in [0.1, 0.15) is 5.52 Å². The summed E-state index contributed by atoms with van der Waals surface area (Å²) in [5, 5.41) is 17.4. The van der Waals surface area contributed by atoms with E-state index in [0.29, 0.717) is 11.0 Å². The number of hydrogen-bond donors (Lipinski definition) is 2. The van der Waals surface area contributed by atoms with Crippen LogP contribution in [0.15, 0.2) is 47.7 Å². The molecule has 3 heterocycles. The Bertz CT molecular complexity index is 1260. The Morgan fingerprint density at radius 3 is 2.82 bits per heavy atom. The Morgan fingerprint density at radius 1 is 1.21 bits per heavy atom. The highest BCUT2D eigenvalue weighted by Gasteiger charge is 2.26. The predicted molar refractivity (Wildman–Crippen MR) is 106 cm³/mol. The topological polar surface area (TPSA) is 119 Å². The van der Waals surface area contributed by atoms with Gasteiger partial charge in [0, 0.05) is 6.20 Å². The molecule has 1 aliphatic rings. The van der Waals surface area contributed by atoms with Crippen molar-refractivity contribution >= 4 is 30.5 Å². The highest BCUT2D eigenvalue weighted by atomic mass is 32.1. The number of H-pyrrole nitrogens is 1. The fraction of sp³-hybridized carbons (Fsp3) is 0.167. The maximum absolute atomic E-state index is 12.8. The number of aryl methyl sites for hydroxylation is 1. The van der Waals surface area contributed by atoms with Crippen LogP contribution in [0.2, 0.25) is 0 Å². The molecule has 0 saturated carbocycles. The zero-order valence-electron chi connectivity index (χ0n) is 14.5. The van der Waals surface area contributed by atoms with Gasteiger partial charge in [0.05, 0.1) is 24.0 Å². The van der Waals surface area contributed by atoms with E-state index in [2.05, 4.69) is 32.3 Å². The third-order valence-corrected chi connectivity index (χ3v) is 4.89. The molecule has 4 aromatic rings. The molecule has 0 fully saturated rings. The van der Waals surface area contributed by atoms with Gasteiger partial charge in [-0.1, -0.05) is 24.3 Å². The number of aromatic carboxylic acids is 1. The molecule has 28 heavy (non-hydrogen) atoms. The summed E-state index contributed by atoms with van der Waals surface area (Å²) < 4.78 is 2.95. The number of hydrogen-bond acceptors (Lipinski definition) is 5. The monoisotopic (exact) mass is 396 g/mol. The van der Waals surface area contributed by atoms with E-state index in [1.165, 1.54) is 28.2 Å². The van der Waals surface area contributed by atoms with Crippen LogP contribution in [0.3, 0.4) is 0 Å². The third-order valence-electron chi connectivity index (χ3n) is 4.89. The molecule has 0 spiro atoms. The molecule has 0 amide bonds. The standard InChI is InChI=1S/C18H14N6O3.H2S/c25-16-15-13(21-18(22-16)23-9-11(7-19-23)17(26)27)8-20-24(15)14-6-5-10-3-1-2-4-12(10)14;/h1-4,7-9,14H,5-6H2,(H,26,27)(H,21,22,25);1H2/t14-;/m0./s1. The summed E-state index contributed by atoms with van der Waals surface area (Å²) in [7, 11) is 0. The summed E-state index contributed by atoms with van der Waals surface area (Å²) in [5.74, 6) is -0.955. The van der Waals surface area contributed by atoms with Gasteiger partial charge in [-0.3, -0.25) is 14.5 Å². The smallest absolute Gasteiger partial charge is 0.338 e. The minimum Gasteiger partial charge on any atom is -0.478 e. The molecule has 142 valence electrons. The van der Waals surface area contributed by atoms with Gasteiger partial charge < -0.3 is 5.11 Å². The summed E-state index contributed by atoms with van der Waals surface area (Å²) >= 11 is 0. The Kier molecular flexibility index (Phi) is 4.27. The molecule has 5 rings (SSSR count). The molecule has 0 unspecified atom stereocenters. The van der Waals surface area contributed by atoms with Crippen LogP contribution in [-0.2, 0) is 6.42 Å². The molecule has 1 atom stereocenters. The fourth-order valence-electron chi connectivity index (χ4n) is 3.64. The minimum atomic E-state index is -1.10. The van der Waals surface area contributed by atoms with Gasteiger partial charge in [-0.2, -0.15) is 23.7 Å². The SMILES string of the molecule is O=C(O)c1cnn(-c2nc3cnn([C@H]4CCc5ccccc54)c3c(=O)[nH]2)c1.S. The average Bonchev–Trinajstić information content (AvgIpc) is 3.38. The van der Waals surface area contributed by atoms with E-state index in [4.69, 9.17) is 5.11 Å². The second-order valence-corrected chi connectivity index (χ2v) is 6.44. The zero-order chi connectivity index (χ0) is 18.5. The summed E-state index contributed by atoms with van der Waals surface area (Å²) in [6.07, 6.45) is 5.86. The van der Waals surface area contributed by atoms with Gasteiger partial charge in [-0.05, 0) is 24.0 Å². The number of carbonyl (C=O) groups is 1. The van der Waals surface area contributed by atoms with E-state index >= 15 is 0 Å². The van der Waals surface area contributed by atoms with Gasteiger partial charge in [-0.15, -0.1) is 0 Å². The first-order valence-corrected chi connectivity index (χ1v) is 8.45. The zero-order valence-corrected chi connectivity index (χ0v) is 15.5. The molecule has 1 aromatic carbocycles. The Labute approximate surface area is 165 Å². The number of aromatic amines is 1. The van der Waals surface area contributed by atoms with Crippen molar-refractivity contribution in [2.45, 2.75) is 18.9 Å². The second kappa shape index (κ2) is 6.64. The predicted octanol–water partition coefficient (Wildman–Crippen LogP) is 1.65. The summed E-state index contributed by atoms with van der Waals surface area (Å²) in [5.41, 5.74) is 2.94. The number of rotatable bonds is 3. The summed E-state index contributed by atoms with van der Waals surface area (Å²) in [4.78, 5) is 30.8. The highest BCUT2D eigenvalue weighted by Crippen LogP contribution is 2.34. The van der Waals surface area contributed by atoms with Crippen molar-refractivity contribution in [2.75, 3.05) is 0 Å². The lowest BCUT2D eigenvalue weighted by Crippen LogP contribution is -2.19. The second-order valence-electron chi connectivity index (χ2n) is 6.44. The summed E-state index contributed by atoms with van der Waals surface area (Å²) in [6.45, 7) is 0. The Balaban J connectivity index is 0.00000192. The van der Waals surface area contributed by atoms with Crippen molar-refractivity contribution in [1.29, 1.82) is 0 Å². The number of benzene rings is 1. The Morgan fingerprint density at radius 2 is 2.04 bits per heavy atom. The first-order valence-electron chi connectivity index (χ1n) is 8.45. The average molecular weight is 396 g/mol. The van der Waals surface area contributed by atoms with Crippen LogP contribution in [0.25, 0.3) is 17.0 Å². The molecule has 9 nitrogen and oxygen atoms in total. The van der Waals surface area contributed by atoms with E-state index in [1.807, 2.05) is 12.1 Å². The van der Waals surface area contributed by atoms with Crippen molar-refractivity contribution in [3.8, 4) is 5.95 Å². The van der Waals surface area contributed by atoms with Crippen LogP contribution in [0.5, 0.6) is 0 Å².